The lowest BCUT2D eigenvalue weighted by Crippen LogP contribution is -2.11. The third-order valence-corrected chi connectivity index (χ3v) is 11.9. The van der Waals surface area contributed by atoms with Crippen molar-refractivity contribution >= 4 is 35.7 Å². The summed E-state index contributed by atoms with van der Waals surface area (Å²) in [6.45, 7) is 5.55. The number of carbonyl (C=O) groups is 2. The highest BCUT2D eigenvalue weighted by atomic mass is 19.1. The standard InChI is InChI=1S/C59H69F2N3O6/c1-3-5-7-9-11-13-15-17-19-21-37-67-50-33-35-55(53(60)39-50)63-43-45-23-27-47(28-24-45)58(65)69-52-32-31-49(42-62)57(41-52)70-59(66)48-29-25-46(26-30-48)44-64-56-36-34-51(40-54(56)61)68-38-22-20-18-16-14-12-10-8-6-4-2/h23-36,39-41,43-44H,3-22,37-38H2,1-2H3. The van der Waals surface area contributed by atoms with Gasteiger partial charge in [-0.25, -0.2) is 18.4 Å². The van der Waals surface area contributed by atoms with E-state index in [1.165, 1.54) is 158 Å². The van der Waals surface area contributed by atoms with Gasteiger partial charge in [0.05, 0.1) is 41.3 Å². The van der Waals surface area contributed by atoms with Crippen molar-refractivity contribution in [2.24, 2.45) is 9.98 Å². The van der Waals surface area contributed by atoms with Crippen molar-refractivity contribution in [1.29, 1.82) is 5.26 Å². The molecule has 0 amide bonds. The van der Waals surface area contributed by atoms with Crippen LogP contribution in [0.15, 0.2) is 113 Å². The van der Waals surface area contributed by atoms with Crippen LogP contribution in [0.4, 0.5) is 20.2 Å². The number of hydrogen-bond acceptors (Lipinski definition) is 9. The van der Waals surface area contributed by atoms with Crippen molar-refractivity contribution in [3.63, 3.8) is 0 Å². The van der Waals surface area contributed by atoms with E-state index >= 15 is 0 Å². The molecule has 0 atom stereocenters. The molecule has 5 rings (SSSR count). The number of nitrogens with zero attached hydrogens (tertiary/aromatic N) is 3. The van der Waals surface area contributed by atoms with Crippen molar-refractivity contribution in [2.45, 2.75) is 142 Å². The molecular weight excluding hydrogens is 885 g/mol. The van der Waals surface area contributed by atoms with Crippen LogP contribution in [-0.2, 0) is 0 Å². The topological polar surface area (TPSA) is 120 Å². The molecule has 0 aliphatic carbocycles. The number of benzene rings is 5. The van der Waals surface area contributed by atoms with Gasteiger partial charge >= 0.3 is 11.9 Å². The summed E-state index contributed by atoms with van der Waals surface area (Å²) in [6, 6.07) is 28.0. The molecule has 9 nitrogen and oxygen atoms in total. The molecule has 0 bridgehead atoms. The third kappa shape index (κ3) is 19.7. The minimum absolute atomic E-state index is 0.0521. The van der Waals surface area contributed by atoms with Gasteiger partial charge in [-0.05, 0) is 84.6 Å². The second kappa shape index (κ2) is 31.5. The van der Waals surface area contributed by atoms with E-state index in [1.54, 1.807) is 60.7 Å². The molecule has 5 aromatic carbocycles. The lowest BCUT2D eigenvalue weighted by molar-refractivity contribution is 0.0732. The molecule has 11 heteroatoms. The van der Waals surface area contributed by atoms with Crippen LogP contribution < -0.4 is 18.9 Å². The highest BCUT2D eigenvalue weighted by molar-refractivity contribution is 5.94. The summed E-state index contributed by atoms with van der Waals surface area (Å²) in [6.07, 6.45) is 27.6. The van der Waals surface area contributed by atoms with Crippen LogP contribution in [-0.4, -0.2) is 37.6 Å². The zero-order valence-electron chi connectivity index (χ0n) is 41.1. The van der Waals surface area contributed by atoms with Crippen LogP contribution in [0.25, 0.3) is 0 Å². The minimum atomic E-state index is -0.746. The first-order chi connectivity index (χ1) is 34.3. The smallest absolute Gasteiger partial charge is 0.343 e. The van der Waals surface area contributed by atoms with E-state index in [2.05, 4.69) is 23.8 Å². The largest absolute Gasteiger partial charge is 0.493 e. The Labute approximate surface area is 414 Å². The molecule has 0 N–H and O–H groups in total. The molecule has 0 spiro atoms. The second-order valence-corrected chi connectivity index (χ2v) is 17.6. The maximum absolute atomic E-state index is 14.9. The summed E-state index contributed by atoms with van der Waals surface area (Å²) < 4.78 is 52.4. The lowest BCUT2D eigenvalue weighted by atomic mass is 10.1. The van der Waals surface area contributed by atoms with Gasteiger partial charge in [0.25, 0.3) is 0 Å². The Kier molecular flexibility index (Phi) is 24.4. The molecular formula is C59H69F2N3O6. The van der Waals surface area contributed by atoms with E-state index in [0.29, 0.717) is 35.8 Å². The fourth-order valence-corrected chi connectivity index (χ4v) is 7.69. The van der Waals surface area contributed by atoms with Crippen molar-refractivity contribution in [3.05, 3.63) is 143 Å². The van der Waals surface area contributed by atoms with E-state index in [9.17, 15) is 23.6 Å². The maximum atomic E-state index is 14.9. The zero-order chi connectivity index (χ0) is 49.6. The summed E-state index contributed by atoms with van der Waals surface area (Å²) in [5.41, 5.74) is 2.02. The highest BCUT2D eigenvalue weighted by Gasteiger charge is 2.16. The molecule has 0 radical (unpaired) electrons. The Balaban J connectivity index is 1.04. The van der Waals surface area contributed by atoms with E-state index in [0.717, 1.165) is 25.7 Å². The molecule has 0 aromatic heterocycles. The van der Waals surface area contributed by atoms with Gasteiger partial charge in [0.1, 0.15) is 23.3 Å². The summed E-state index contributed by atoms with van der Waals surface area (Å²) in [7, 11) is 0. The quantitative estimate of drug-likeness (QED) is 0.0182. The first-order valence-corrected chi connectivity index (χ1v) is 25.4. The average molecular weight is 954 g/mol. The second-order valence-electron chi connectivity index (χ2n) is 17.6. The Morgan fingerprint density at radius 1 is 0.486 bits per heavy atom. The van der Waals surface area contributed by atoms with Gasteiger partial charge in [-0.3, -0.25) is 9.98 Å². The fraction of sp³-hybridized carbons (Fsp3) is 0.407. The van der Waals surface area contributed by atoms with Gasteiger partial charge in [-0.1, -0.05) is 154 Å². The van der Waals surface area contributed by atoms with Gasteiger partial charge in [0.2, 0.25) is 0 Å². The Hall–Kier alpha value is -6.67. The monoisotopic (exact) mass is 954 g/mol. The number of hydrogen-bond donors (Lipinski definition) is 0. The molecule has 0 aliphatic rings. The minimum Gasteiger partial charge on any atom is -0.493 e. The van der Waals surface area contributed by atoms with E-state index in [1.807, 2.05) is 6.07 Å². The van der Waals surface area contributed by atoms with Crippen molar-refractivity contribution < 1.29 is 37.3 Å². The van der Waals surface area contributed by atoms with E-state index in [-0.39, 0.29) is 39.6 Å². The van der Waals surface area contributed by atoms with Crippen LogP contribution in [0, 0.1) is 23.0 Å². The Morgan fingerprint density at radius 2 is 0.871 bits per heavy atom. The molecule has 0 saturated heterocycles. The Morgan fingerprint density at radius 3 is 1.27 bits per heavy atom. The zero-order valence-corrected chi connectivity index (χ0v) is 41.1. The van der Waals surface area contributed by atoms with Gasteiger partial charge in [-0.2, -0.15) is 5.26 Å². The number of aliphatic imine (C=N–C) groups is 2. The van der Waals surface area contributed by atoms with Crippen LogP contribution in [0.1, 0.15) is 180 Å². The predicted octanol–water partition coefficient (Wildman–Crippen LogP) is 16.4. The third-order valence-electron chi connectivity index (χ3n) is 11.9. The van der Waals surface area contributed by atoms with E-state index < -0.39 is 23.6 Å². The number of ether oxygens (including phenoxy) is 4. The highest BCUT2D eigenvalue weighted by Crippen LogP contribution is 2.28. The first kappa shape index (κ1) is 54.3. The molecule has 370 valence electrons. The maximum Gasteiger partial charge on any atom is 0.343 e. The van der Waals surface area contributed by atoms with Crippen LogP contribution >= 0.6 is 0 Å². The molecule has 70 heavy (non-hydrogen) atoms. The predicted molar refractivity (Wildman–Crippen MR) is 276 cm³/mol. The van der Waals surface area contributed by atoms with Gasteiger partial charge < -0.3 is 18.9 Å². The first-order valence-electron chi connectivity index (χ1n) is 25.4. The molecule has 0 fully saturated rings. The summed E-state index contributed by atoms with van der Waals surface area (Å²) in [5.74, 6) is -1.56. The van der Waals surface area contributed by atoms with Crippen LogP contribution in [0.2, 0.25) is 0 Å². The molecule has 0 unspecified atom stereocenters. The number of esters is 2. The van der Waals surface area contributed by atoms with Crippen molar-refractivity contribution in [1.82, 2.24) is 0 Å². The van der Waals surface area contributed by atoms with Crippen LogP contribution in [0.3, 0.4) is 0 Å². The normalized spacial score (nSPS) is 11.2. The summed E-state index contributed by atoms with van der Waals surface area (Å²) in [4.78, 5) is 34.8. The van der Waals surface area contributed by atoms with Crippen LogP contribution in [0.5, 0.6) is 23.0 Å². The van der Waals surface area contributed by atoms with Gasteiger partial charge in [-0.15, -0.1) is 0 Å². The number of carbonyl (C=O) groups excluding carboxylic acids is 2. The SMILES string of the molecule is CCCCCCCCCCCCOc1ccc(N=Cc2ccc(C(=O)Oc3ccc(C#N)c(OC(=O)c4ccc(C=Nc5ccc(OCCCCCCCCCCCC)cc5F)cc4)c3)cc2)c(F)c1. The van der Waals surface area contributed by atoms with Crippen molar-refractivity contribution in [3.8, 4) is 29.1 Å². The number of halogens is 2. The summed E-state index contributed by atoms with van der Waals surface area (Å²) in [5, 5.41) is 9.71. The molecule has 0 aliphatic heterocycles. The van der Waals surface area contributed by atoms with Gasteiger partial charge in [0, 0.05) is 30.6 Å². The van der Waals surface area contributed by atoms with Crippen molar-refractivity contribution in [2.75, 3.05) is 13.2 Å². The van der Waals surface area contributed by atoms with Gasteiger partial charge in [0.15, 0.2) is 17.4 Å². The summed E-state index contributed by atoms with van der Waals surface area (Å²) >= 11 is 0. The Bertz CT molecular complexity index is 2460. The molecule has 0 saturated carbocycles. The van der Waals surface area contributed by atoms with E-state index in [4.69, 9.17) is 18.9 Å². The number of unbranched alkanes of at least 4 members (excludes halogenated alkanes) is 18. The number of nitriles is 1. The molecule has 0 heterocycles. The number of rotatable bonds is 32. The fourth-order valence-electron chi connectivity index (χ4n) is 7.69. The molecule has 5 aromatic rings. The lowest BCUT2D eigenvalue weighted by Gasteiger charge is -2.10. The average Bonchev–Trinajstić information content (AvgIpc) is 3.37.